The summed E-state index contributed by atoms with van der Waals surface area (Å²) >= 11 is 0. The lowest BCUT2D eigenvalue weighted by Gasteiger charge is -2.22. The normalized spacial score (nSPS) is 23.4. The van der Waals surface area contributed by atoms with Crippen LogP contribution >= 0.6 is 0 Å². The predicted molar refractivity (Wildman–Crippen MR) is 73.8 cm³/mol. The van der Waals surface area contributed by atoms with Crippen molar-refractivity contribution in [3.8, 4) is 11.4 Å². The zero-order chi connectivity index (χ0) is 13.2. The van der Waals surface area contributed by atoms with Gasteiger partial charge in [-0.2, -0.15) is 0 Å². The number of aromatic nitrogens is 4. The smallest absolute Gasteiger partial charge is 0.182 e. The second kappa shape index (κ2) is 5.08. The molecule has 1 aliphatic rings. The highest BCUT2D eigenvalue weighted by atomic mass is 32.2. The van der Waals surface area contributed by atoms with Crippen molar-refractivity contribution in [1.82, 2.24) is 20.2 Å². The molecule has 0 amide bonds. The van der Waals surface area contributed by atoms with Crippen LogP contribution in [0, 0.1) is 0 Å². The Morgan fingerprint density at radius 1 is 1.21 bits per heavy atom. The SMILES string of the molecule is Nc1ccc(-c2nnnn2C2CCS(=O)CC2)cc1. The third kappa shape index (κ3) is 2.51. The monoisotopic (exact) mass is 277 g/mol. The first-order valence-corrected chi connectivity index (χ1v) is 7.71. The van der Waals surface area contributed by atoms with Crippen LogP contribution in [0.4, 0.5) is 5.69 Å². The van der Waals surface area contributed by atoms with E-state index < -0.39 is 10.8 Å². The van der Waals surface area contributed by atoms with Crippen LogP contribution in [0.2, 0.25) is 0 Å². The molecule has 2 N–H and O–H groups in total. The van der Waals surface area contributed by atoms with E-state index in [1.165, 1.54) is 0 Å². The fraction of sp³-hybridized carbons (Fsp3) is 0.417. The van der Waals surface area contributed by atoms with E-state index in [9.17, 15) is 4.21 Å². The lowest BCUT2D eigenvalue weighted by Crippen LogP contribution is -2.23. The van der Waals surface area contributed by atoms with Gasteiger partial charge >= 0.3 is 0 Å². The second-order valence-corrected chi connectivity index (χ2v) is 6.34. The number of benzene rings is 1. The van der Waals surface area contributed by atoms with Crippen LogP contribution in [0.15, 0.2) is 24.3 Å². The molecule has 1 saturated heterocycles. The number of hydrogen-bond donors (Lipinski definition) is 1. The van der Waals surface area contributed by atoms with Gasteiger partial charge in [0.15, 0.2) is 5.82 Å². The van der Waals surface area contributed by atoms with Gasteiger partial charge in [0.05, 0.1) is 6.04 Å². The van der Waals surface area contributed by atoms with Crippen molar-refractivity contribution < 1.29 is 4.21 Å². The average molecular weight is 277 g/mol. The Labute approximate surface area is 113 Å². The fourth-order valence-electron chi connectivity index (χ4n) is 2.29. The predicted octanol–water partition coefficient (Wildman–Crippen LogP) is 1.01. The van der Waals surface area contributed by atoms with Crippen LogP contribution in [0.3, 0.4) is 0 Å². The lowest BCUT2D eigenvalue weighted by atomic mass is 10.1. The number of nitrogen functional groups attached to an aromatic ring is 1. The molecule has 0 unspecified atom stereocenters. The summed E-state index contributed by atoms with van der Waals surface area (Å²) < 4.78 is 13.3. The first-order valence-electron chi connectivity index (χ1n) is 6.23. The number of hydrogen-bond acceptors (Lipinski definition) is 5. The third-order valence-corrected chi connectivity index (χ3v) is 4.75. The van der Waals surface area contributed by atoms with Crippen LogP contribution in [0.1, 0.15) is 18.9 Å². The lowest BCUT2D eigenvalue weighted by molar-refractivity contribution is 0.415. The van der Waals surface area contributed by atoms with Gasteiger partial charge in [-0.25, -0.2) is 4.68 Å². The van der Waals surface area contributed by atoms with Crippen molar-refractivity contribution in [3.05, 3.63) is 24.3 Å². The van der Waals surface area contributed by atoms with E-state index in [4.69, 9.17) is 5.73 Å². The van der Waals surface area contributed by atoms with E-state index >= 15 is 0 Å². The summed E-state index contributed by atoms with van der Waals surface area (Å²) in [5.74, 6) is 2.20. The standard InChI is InChI=1S/C12H15N5OS/c13-10-3-1-9(2-4-10)12-14-15-16-17(12)11-5-7-19(18)8-6-11/h1-4,11H,5-8,13H2. The highest BCUT2D eigenvalue weighted by molar-refractivity contribution is 7.85. The van der Waals surface area contributed by atoms with Gasteiger partial charge in [0.1, 0.15) is 0 Å². The molecule has 1 fully saturated rings. The van der Waals surface area contributed by atoms with E-state index in [0.29, 0.717) is 0 Å². The van der Waals surface area contributed by atoms with Gasteiger partial charge < -0.3 is 5.73 Å². The Morgan fingerprint density at radius 2 is 1.89 bits per heavy atom. The van der Waals surface area contributed by atoms with Crippen LogP contribution in [0.25, 0.3) is 11.4 Å². The molecule has 3 rings (SSSR count). The molecule has 0 radical (unpaired) electrons. The number of anilines is 1. The molecule has 1 aliphatic heterocycles. The van der Waals surface area contributed by atoms with Gasteiger partial charge in [-0.3, -0.25) is 4.21 Å². The maximum absolute atomic E-state index is 11.4. The molecule has 100 valence electrons. The second-order valence-electron chi connectivity index (χ2n) is 4.65. The molecule has 0 aliphatic carbocycles. The van der Waals surface area contributed by atoms with Gasteiger partial charge in [0, 0.05) is 33.6 Å². The molecule has 0 atom stereocenters. The fourth-order valence-corrected chi connectivity index (χ4v) is 3.56. The number of nitrogens with zero attached hydrogens (tertiary/aromatic N) is 4. The van der Waals surface area contributed by atoms with Crippen molar-refractivity contribution in [2.45, 2.75) is 18.9 Å². The molecule has 6 nitrogen and oxygen atoms in total. The first-order chi connectivity index (χ1) is 9.24. The molecular formula is C12H15N5OS. The summed E-state index contributed by atoms with van der Waals surface area (Å²) in [6.07, 6.45) is 1.72. The largest absolute Gasteiger partial charge is 0.399 e. The topological polar surface area (TPSA) is 86.7 Å². The van der Waals surface area contributed by atoms with Crippen LogP contribution in [-0.4, -0.2) is 35.9 Å². The highest BCUT2D eigenvalue weighted by Crippen LogP contribution is 2.26. The molecule has 0 spiro atoms. The molecule has 2 heterocycles. The number of rotatable bonds is 2. The molecular weight excluding hydrogens is 262 g/mol. The minimum atomic E-state index is -0.675. The van der Waals surface area contributed by atoms with Crippen molar-refractivity contribution in [1.29, 1.82) is 0 Å². The van der Waals surface area contributed by atoms with E-state index in [0.717, 1.165) is 41.4 Å². The van der Waals surface area contributed by atoms with Gasteiger partial charge in [-0.1, -0.05) is 0 Å². The maximum atomic E-state index is 11.4. The van der Waals surface area contributed by atoms with E-state index in [1.54, 1.807) is 0 Å². The Morgan fingerprint density at radius 3 is 2.58 bits per heavy atom. The quantitative estimate of drug-likeness (QED) is 0.828. The maximum Gasteiger partial charge on any atom is 0.182 e. The summed E-state index contributed by atoms with van der Waals surface area (Å²) in [5, 5.41) is 12.0. The molecule has 19 heavy (non-hydrogen) atoms. The third-order valence-electron chi connectivity index (χ3n) is 3.37. The Bertz CT molecular complexity index is 584. The average Bonchev–Trinajstić information content (AvgIpc) is 2.90. The first kappa shape index (κ1) is 12.3. The number of nitrogens with two attached hydrogens (primary N) is 1. The minimum absolute atomic E-state index is 0.236. The molecule has 1 aromatic heterocycles. The van der Waals surface area contributed by atoms with E-state index in [2.05, 4.69) is 15.5 Å². The zero-order valence-corrected chi connectivity index (χ0v) is 11.2. The van der Waals surface area contributed by atoms with E-state index in [1.807, 2.05) is 28.9 Å². The van der Waals surface area contributed by atoms with E-state index in [-0.39, 0.29) is 6.04 Å². The molecule has 0 bridgehead atoms. The summed E-state index contributed by atoms with van der Waals surface area (Å²) in [6.45, 7) is 0. The summed E-state index contributed by atoms with van der Waals surface area (Å²) in [6, 6.07) is 7.74. The Kier molecular flexibility index (Phi) is 3.29. The van der Waals surface area contributed by atoms with Crippen molar-refractivity contribution >= 4 is 16.5 Å². The van der Waals surface area contributed by atoms with Gasteiger partial charge in [-0.05, 0) is 47.5 Å². The number of tetrazole rings is 1. The molecule has 1 aromatic carbocycles. The van der Waals surface area contributed by atoms with Crippen molar-refractivity contribution in [2.75, 3.05) is 17.2 Å². The van der Waals surface area contributed by atoms with Gasteiger partial charge in [0.2, 0.25) is 0 Å². The molecule has 2 aromatic rings. The highest BCUT2D eigenvalue weighted by Gasteiger charge is 2.23. The molecule has 0 saturated carbocycles. The Hall–Kier alpha value is -1.76. The Balaban J connectivity index is 1.90. The van der Waals surface area contributed by atoms with Crippen LogP contribution < -0.4 is 5.73 Å². The summed E-state index contributed by atoms with van der Waals surface area (Å²) in [4.78, 5) is 0. The van der Waals surface area contributed by atoms with Gasteiger partial charge in [-0.15, -0.1) is 5.10 Å². The summed E-state index contributed by atoms with van der Waals surface area (Å²) in [5.41, 5.74) is 7.35. The van der Waals surface area contributed by atoms with Crippen LogP contribution in [-0.2, 0) is 10.8 Å². The zero-order valence-electron chi connectivity index (χ0n) is 10.4. The molecule has 7 heteroatoms. The van der Waals surface area contributed by atoms with Gasteiger partial charge in [0.25, 0.3) is 0 Å². The minimum Gasteiger partial charge on any atom is -0.399 e. The van der Waals surface area contributed by atoms with Crippen molar-refractivity contribution in [2.24, 2.45) is 0 Å². The van der Waals surface area contributed by atoms with Crippen molar-refractivity contribution in [3.63, 3.8) is 0 Å². The summed E-state index contributed by atoms with van der Waals surface area (Å²) in [7, 11) is -0.675. The van der Waals surface area contributed by atoms with Crippen LogP contribution in [0.5, 0.6) is 0 Å².